The molecular weight excluding hydrogens is 252 g/mol. The predicted molar refractivity (Wildman–Crippen MR) is 56.3 cm³/mol. The Hall–Kier alpha value is -0.470. The molecule has 0 aromatic carbocycles. The van der Waals surface area contributed by atoms with Crippen LogP contribution in [0, 0.1) is 11.3 Å². The van der Waals surface area contributed by atoms with Crippen molar-refractivity contribution in [1.29, 1.82) is 5.26 Å². The van der Waals surface area contributed by atoms with Crippen molar-refractivity contribution in [2.24, 2.45) is 0 Å². The summed E-state index contributed by atoms with van der Waals surface area (Å²) < 4.78 is 0. The molecule has 13 heavy (non-hydrogen) atoms. The van der Waals surface area contributed by atoms with E-state index in [0.717, 1.165) is 10.4 Å². The number of rotatable bonds is 2. The number of amides is 1. The molecule has 3 nitrogen and oxygen atoms in total. The first kappa shape index (κ1) is 10.6. The number of carbonyl (C=O) groups excluding carboxylic acids is 1. The van der Waals surface area contributed by atoms with Gasteiger partial charge in [-0.1, -0.05) is 27.7 Å². The van der Waals surface area contributed by atoms with Gasteiger partial charge in [-0.3, -0.25) is 4.79 Å². The van der Waals surface area contributed by atoms with Gasteiger partial charge in [0.25, 0.3) is 0 Å². The number of nitriles is 1. The van der Waals surface area contributed by atoms with Crippen LogP contribution >= 0.6 is 27.7 Å². The highest BCUT2D eigenvalue weighted by atomic mass is 79.9. The third kappa shape index (κ3) is 2.26. The average Bonchev–Trinajstić information content (AvgIpc) is 2.34. The third-order valence-electron chi connectivity index (χ3n) is 1.67. The lowest BCUT2D eigenvalue weighted by molar-refractivity contribution is -0.126. The van der Waals surface area contributed by atoms with Crippen molar-refractivity contribution in [2.45, 2.75) is 12.2 Å². The quantitative estimate of drug-likeness (QED) is 0.561. The van der Waals surface area contributed by atoms with Crippen LogP contribution in [0.3, 0.4) is 0 Å². The van der Waals surface area contributed by atoms with Gasteiger partial charge in [0, 0.05) is 18.0 Å². The summed E-state index contributed by atoms with van der Waals surface area (Å²) in [6.07, 6.45) is 1.43. The minimum absolute atomic E-state index is 0.0568. The zero-order chi connectivity index (χ0) is 9.84. The Bertz CT molecular complexity index is 284. The number of nitrogens with zero attached hydrogens (tertiary/aromatic N) is 2. The summed E-state index contributed by atoms with van der Waals surface area (Å²) in [7, 11) is 0. The molecule has 0 aromatic heterocycles. The van der Waals surface area contributed by atoms with Crippen molar-refractivity contribution >= 4 is 33.6 Å². The number of allylic oxidation sites excluding steroid dienone is 1. The summed E-state index contributed by atoms with van der Waals surface area (Å²) >= 11 is 4.71. The molecule has 0 saturated carbocycles. The monoisotopic (exact) mass is 260 g/mol. The number of hydrogen-bond donors (Lipinski definition) is 0. The third-order valence-corrected chi connectivity index (χ3v) is 3.16. The number of hydrogen-bond acceptors (Lipinski definition) is 3. The smallest absolute Gasteiger partial charge is 0.240 e. The van der Waals surface area contributed by atoms with Gasteiger partial charge in [-0.25, -0.2) is 0 Å². The van der Waals surface area contributed by atoms with E-state index in [1.807, 2.05) is 13.0 Å². The number of carbonyl (C=O) groups is 1. The van der Waals surface area contributed by atoms with Gasteiger partial charge < -0.3 is 4.90 Å². The molecular formula is C8H9BrN2OS. The molecule has 1 aliphatic rings. The first-order chi connectivity index (χ1) is 6.20. The standard InChI is InChI=1S/C8H9BrN2OS/c1-6-8(12)11(5-3-9)7(13-6)2-4-10/h2,6H,3,5H2,1H3/b7-2-. The SMILES string of the molecule is CC1S/C(=C\C#N)N(CCBr)C1=O. The van der Waals surface area contributed by atoms with E-state index >= 15 is 0 Å². The molecule has 1 heterocycles. The second-order valence-electron chi connectivity index (χ2n) is 2.55. The van der Waals surface area contributed by atoms with E-state index in [2.05, 4.69) is 15.9 Å². The summed E-state index contributed by atoms with van der Waals surface area (Å²) in [5.74, 6) is 0.0888. The molecule has 0 aliphatic carbocycles. The molecule has 0 radical (unpaired) electrons. The molecule has 1 rings (SSSR count). The fourth-order valence-electron chi connectivity index (χ4n) is 1.10. The van der Waals surface area contributed by atoms with E-state index in [-0.39, 0.29) is 11.2 Å². The van der Waals surface area contributed by atoms with Crippen molar-refractivity contribution in [3.63, 3.8) is 0 Å². The topological polar surface area (TPSA) is 44.1 Å². The van der Waals surface area contributed by atoms with Crippen LogP contribution in [0.2, 0.25) is 0 Å². The van der Waals surface area contributed by atoms with Crippen LogP contribution in [0.25, 0.3) is 0 Å². The normalized spacial score (nSPS) is 25.3. The van der Waals surface area contributed by atoms with Gasteiger partial charge in [-0.2, -0.15) is 5.26 Å². The van der Waals surface area contributed by atoms with E-state index in [1.165, 1.54) is 17.8 Å². The maximum absolute atomic E-state index is 11.5. The van der Waals surface area contributed by atoms with Crippen LogP contribution in [-0.2, 0) is 4.79 Å². The van der Waals surface area contributed by atoms with Crippen molar-refractivity contribution < 1.29 is 4.79 Å². The molecule has 1 saturated heterocycles. The molecule has 0 N–H and O–H groups in total. The summed E-state index contributed by atoms with van der Waals surface area (Å²) in [5, 5.41) is 9.93. The summed E-state index contributed by atoms with van der Waals surface area (Å²) in [4.78, 5) is 13.2. The van der Waals surface area contributed by atoms with Crippen LogP contribution in [0.1, 0.15) is 6.92 Å². The first-order valence-electron chi connectivity index (χ1n) is 3.84. The molecule has 5 heteroatoms. The lowest BCUT2D eigenvalue weighted by atomic mass is 10.4. The number of halogens is 1. The van der Waals surface area contributed by atoms with Gasteiger partial charge in [-0.05, 0) is 6.92 Å². The van der Waals surface area contributed by atoms with Crippen molar-refractivity contribution in [1.82, 2.24) is 4.90 Å². The Morgan fingerprint density at radius 1 is 1.85 bits per heavy atom. The van der Waals surface area contributed by atoms with Crippen molar-refractivity contribution in [2.75, 3.05) is 11.9 Å². The van der Waals surface area contributed by atoms with Gasteiger partial charge in [0.2, 0.25) is 5.91 Å². The molecule has 1 unspecified atom stereocenters. The van der Waals surface area contributed by atoms with E-state index < -0.39 is 0 Å². The van der Waals surface area contributed by atoms with Crippen LogP contribution in [-0.4, -0.2) is 27.9 Å². The Labute approximate surface area is 89.9 Å². The highest BCUT2D eigenvalue weighted by Crippen LogP contribution is 2.34. The van der Waals surface area contributed by atoms with Gasteiger partial charge in [-0.15, -0.1) is 0 Å². The maximum atomic E-state index is 11.5. The first-order valence-corrected chi connectivity index (χ1v) is 5.84. The average molecular weight is 261 g/mol. The number of alkyl halides is 1. The highest BCUT2D eigenvalue weighted by molar-refractivity contribution is 9.09. The number of thioether (sulfide) groups is 1. The molecule has 1 atom stereocenters. The molecule has 0 bridgehead atoms. The van der Waals surface area contributed by atoms with Gasteiger partial charge >= 0.3 is 0 Å². The molecule has 0 aromatic rings. The summed E-state index contributed by atoms with van der Waals surface area (Å²) in [5.41, 5.74) is 0. The minimum Gasteiger partial charge on any atom is -0.304 e. The molecule has 1 amide bonds. The highest BCUT2D eigenvalue weighted by Gasteiger charge is 2.32. The van der Waals surface area contributed by atoms with Gasteiger partial charge in [0.05, 0.1) is 16.3 Å². The second-order valence-corrected chi connectivity index (χ2v) is 4.70. The Morgan fingerprint density at radius 2 is 2.54 bits per heavy atom. The Morgan fingerprint density at radius 3 is 3.08 bits per heavy atom. The zero-order valence-electron chi connectivity index (χ0n) is 7.16. The van der Waals surface area contributed by atoms with Crippen LogP contribution < -0.4 is 0 Å². The predicted octanol–water partition coefficient (Wildman–Crippen LogP) is 1.71. The Balaban J connectivity index is 2.82. The van der Waals surface area contributed by atoms with Gasteiger partial charge in [0.1, 0.15) is 0 Å². The minimum atomic E-state index is -0.0568. The second kappa shape index (κ2) is 4.68. The molecule has 70 valence electrons. The van der Waals surface area contributed by atoms with E-state index in [4.69, 9.17) is 5.26 Å². The molecule has 0 spiro atoms. The zero-order valence-corrected chi connectivity index (χ0v) is 9.56. The van der Waals surface area contributed by atoms with Crippen LogP contribution in [0.4, 0.5) is 0 Å². The van der Waals surface area contributed by atoms with Crippen LogP contribution in [0.15, 0.2) is 11.1 Å². The summed E-state index contributed by atoms with van der Waals surface area (Å²) in [6.45, 7) is 2.48. The fourth-order valence-corrected chi connectivity index (χ4v) is 2.47. The largest absolute Gasteiger partial charge is 0.304 e. The molecule has 1 aliphatic heterocycles. The van der Waals surface area contributed by atoms with E-state index in [0.29, 0.717) is 6.54 Å². The van der Waals surface area contributed by atoms with Crippen LogP contribution in [0.5, 0.6) is 0 Å². The fraction of sp³-hybridized carbons (Fsp3) is 0.500. The molecule has 1 fully saturated rings. The lowest BCUT2D eigenvalue weighted by Crippen LogP contribution is -2.29. The van der Waals surface area contributed by atoms with Gasteiger partial charge in [0.15, 0.2) is 0 Å². The van der Waals surface area contributed by atoms with E-state index in [9.17, 15) is 4.79 Å². The van der Waals surface area contributed by atoms with Crippen molar-refractivity contribution in [3.8, 4) is 6.07 Å². The Kier molecular flexibility index (Phi) is 3.82. The lowest BCUT2D eigenvalue weighted by Gasteiger charge is -2.14. The van der Waals surface area contributed by atoms with E-state index in [1.54, 1.807) is 4.90 Å². The maximum Gasteiger partial charge on any atom is 0.240 e. The summed E-state index contributed by atoms with van der Waals surface area (Å²) in [6, 6.07) is 1.95. The van der Waals surface area contributed by atoms with Crippen molar-refractivity contribution in [3.05, 3.63) is 11.1 Å².